The molecule has 0 aromatic heterocycles. The molecule has 2 aromatic rings. The van der Waals surface area contributed by atoms with E-state index in [1.807, 2.05) is 19.1 Å². The molecule has 0 saturated carbocycles. The number of nitrogens with zero attached hydrogens (tertiary/aromatic N) is 2. The molecule has 0 N–H and O–H groups in total. The smallest absolute Gasteiger partial charge is 0.267 e. The maximum Gasteiger partial charge on any atom is 0.267 e. The first-order chi connectivity index (χ1) is 10.5. The van der Waals surface area contributed by atoms with E-state index in [0.29, 0.717) is 11.3 Å². The van der Waals surface area contributed by atoms with E-state index in [2.05, 4.69) is 4.99 Å². The minimum Gasteiger partial charge on any atom is -0.292 e. The van der Waals surface area contributed by atoms with Crippen molar-refractivity contribution >= 4 is 27.8 Å². The van der Waals surface area contributed by atoms with Crippen LogP contribution >= 0.6 is 0 Å². The number of para-hydroxylation sites is 1. The van der Waals surface area contributed by atoms with Crippen LogP contribution in [0.4, 0.5) is 5.69 Å². The molecule has 0 atom stereocenters. The van der Waals surface area contributed by atoms with Gasteiger partial charge in [-0.05, 0) is 24.6 Å². The van der Waals surface area contributed by atoms with Crippen LogP contribution in [0, 0.1) is 6.92 Å². The Hall–Kier alpha value is -2.47. The number of benzene rings is 2. The molecule has 0 amide bonds. The standard InChI is InChI=1S/C16H14N2O3S/c1-12-6-2-3-7-13(12)15(19)10-18-11-17-14-8-4-5-9-16(14)22(18,20)21/h2-9,11H,10H2,1H3. The Morgan fingerprint density at radius 1 is 1.09 bits per heavy atom. The van der Waals surface area contributed by atoms with Crippen LogP contribution in [0.3, 0.4) is 0 Å². The lowest BCUT2D eigenvalue weighted by molar-refractivity contribution is 0.0980. The van der Waals surface area contributed by atoms with E-state index >= 15 is 0 Å². The zero-order valence-electron chi connectivity index (χ0n) is 11.9. The second kappa shape index (κ2) is 5.38. The molecule has 0 unspecified atom stereocenters. The van der Waals surface area contributed by atoms with Crippen LogP contribution in [0.25, 0.3) is 0 Å². The number of aryl methyl sites for hydroxylation is 1. The highest BCUT2D eigenvalue weighted by atomic mass is 32.2. The van der Waals surface area contributed by atoms with Crippen LogP contribution in [0.1, 0.15) is 15.9 Å². The number of Topliss-reactive ketones (excluding diaryl/α,β-unsaturated/α-hetero) is 1. The molecule has 0 spiro atoms. The number of rotatable bonds is 3. The van der Waals surface area contributed by atoms with Gasteiger partial charge in [0, 0.05) is 5.56 Å². The highest BCUT2D eigenvalue weighted by molar-refractivity contribution is 7.89. The third-order valence-corrected chi connectivity index (χ3v) is 5.26. The Balaban J connectivity index is 1.92. The van der Waals surface area contributed by atoms with Crippen molar-refractivity contribution in [3.63, 3.8) is 0 Å². The van der Waals surface area contributed by atoms with E-state index in [-0.39, 0.29) is 17.2 Å². The second-order valence-corrected chi connectivity index (χ2v) is 6.86. The lowest BCUT2D eigenvalue weighted by Crippen LogP contribution is -2.36. The minimum absolute atomic E-state index is 0.120. The molecule has 0 saturated heterocycles. The normalized spacial score (nSPS) is 15.4. The third-order valence-electron chi connectivity index (χ3n) is 3.52. The maximum absolute atomic E-state index is 12.5. The van der Waals surface area contributed by atoms with Crippen molar-refractivity contribution < 1.29 is 13.2 Å². The Bertz CT molecular complexity index is 872. The number of hydrogen-bond acceptors (Lipinski definition) is 4. The molecule has 1 heterocycles. The number of hydrogen-bond donors (Lipinski definition) is 0. The fourth-order valence-electron chi connectivity index (χ4n) is 2.34. The number of sulfonamides is 1. The summed E-state index contributed by atoms with van der Waals surface area (Å²) < 4.78 is 26.1. The third kappa shape index (κ3) is 2.42. The molecule has 6 heteroatoms. The molecule has 1 aliphatic heterocycles. The predicted molar refractivity (Wildman–Crippen MR) is 84.0 cm³/mol. The summed E-state index contributed by atoms with van der Waals surface area (Å²) in [5, 5.41) is 0. The molecule has 0 fully saturated rings. The van der Waals surface area contributed by atoms with Crippen LogP contribution in [0.15, 0.2) is 58.4 Å². The van der Waals surface area contributed by atoms with Crippen LogP contribution in [0.5, 0.6) is 0 Å². The van der Waals surface area contributed by atoms with E-state index in [9.17, 15) is 13.2 Å². The van der Waals surface area contributed by atoms with Gasteiger partial charge in [0.05, 0.1) is 12.2 Å². The van der Waals surface area contributed by atoms with Gasteiger partial charge in [-0.1, -0.05) is 36.4 Å². The molecular formula is C16H14N2O3S. The summed E-state index contributed by atoms with van der Waals surface area (Å²) in [4.78, 5) is 16.6. The van der Waals surface area contributed by atoms with E-state index in [4.69, 9.17) is 0 Å². The van der Waals surface area contributed by atoms with E-state index in [1.165, 1.54) is 12.4 Å². The first-order valence-corrected chi connectivity index (χ1v) is 8.18. The number of ketones is 1. The lowest BCUT2D eigenvalue weighted by Gasteiger charge is -2.23. The van der Waals surface area contributed by atoms with Gasteiger partial charge in [-0.15, -0.1) is 0 Å². The fraction of sp³-hybridized carbons (Fsp3) is 0.125. The molecule has 1 aliphatic rings. The molecular weight excluding hydrogens is 300 g/mol. The quantitative estimate of drug-likeness (QED) is 0.818. The first kappa shape index (κ1) is 14.5. The van der Waals surface area contributed by atoms with Gasteiger partial charge >= 0.3 is 0 Å². The lowest BCUT2D eigenvalue weighted by atomic mass is 10.1. The van der Waals surface area contributed by atoms with Gasteiger partial charge in [0.2, 0.25) is 0 Å². The summed E-state index contributed by atoms with van der Waals surface area (Å²) in [7, 11) is -3.74. The van der Waals surface area contributed by atoms with E-state index in [1.54, 1.807) is 30.3 Å². The minimum atomic E-state index is -3.74. The van der Waals surface area contributed by atoms with Crippen molar-refractivity contribution in [1.29, 1.82) is 0 Å². The Morgan fingerprint density at radius 3 is 2.55 bits per heavy atom. The molecule has 0 aliphatic carbocycles. The van der Waals surface area contributed by atoms with Gasteiger partial charge in [-0.2, -0.15) is 0 Å². The van der Waals surface area contributed by atoms with Crippen molar-refractivity contribution in [1.82, 2.24) is 4.31 Å². The highest BCUT2D eigenvalue weighted by Crippen LogP contribution is 2.29. The molecule has 112 valence electrons. The SMILES string of the molecule is Cc1ccccc1C(=O)CN1C=Nc2ccccc2S1(=O)=O. The van der Waals surface area contributed by atoms with Crippen molar-refractivity contribution in [2.24, 2.45) is 4.99 Å². The molecule has 0 radical (unpaired) electrons. The van der Waals surface area contributed by atoms with Crippen molar-refractivity contribution in [3.05, 3.63) is 59.7 Å². The largest absolute Gasteiger partial charge is 0.292 e. The molecule has 5 nitrogen and oxygen atoms in total. The average Bonchev–Trinajstić information content (AvgIpc) is 2.51. The second-order valence-electron chi connectivity index (χ2n) is 5.00. The maximum atomic E-state index is 12.5. The summed E-state index contributed by atoms with van der Waals surface area (Å²) in [5.41, 5.74) is 1.73. The summed E-state index contributed by atoms with van der Waals surface area (Å²) >= 11 is 0. The summed E-state index contributed by atoms with van der Waals surface area (Å²) in [6.07, 6.45) is 1.20. The molecule has 22 heavy (non-hydrogen) atoms. The number of carbonyl (C=O) groups is 1. The van der Waals surface area contributed by atoms with Crippen molar-refractivity contribution in [3.8, 4) is 0 Å². The average molecular weight is 314 g/mol. The van der Waals surface area contributed by atoms with Crippen LogP contribution in [0.2, 0.25) is 0 Å². The van der Waals surface area contributed by atoms with E-state index in [0.717, 1.165) is 9.87 Å². The Kier molecular flexibility index (Phi) is 3.54. The monoisotopic (exact) mass is 314 g/mol. The number of fused-ring (bicyclic) bond motifs is 1. The Morgan fingerprint density at radius 2 is 1.77 bits per heavy atom. The predicted octanol–water partition coefficient (Wildman–Crippen LogP) is 2.54. The zero-order chi connectivity index (χ0) is 15.7. The molecule has 2 aromatic carbocycles. The van der Waals surface area contributed by atoms with Crippen LogP contribution < -0.4 is 0 Å². The first-order valence-electron chi connectivity index (χ1n) is 6.74. The van der Waals surface area contributed by atoms with Gasteiger partial charge < -0.3 is 0 Å². The summed E-state index contributed by atoms with van der Waals surface area (Å²) in [6.45, 7) is 1.56. The van der Waals surface area contributed by atoms with Crippen molar-refractivity contribution in [2.75, 3.05) is 6.54 Å². The van der Waals surface area contributed by atoms with Crippen molar-refractivity contribution in [2.45, 2.75) is 11.8 Å². The number of aliphatic imine (C=N–C) groups is 1. The zero-order valence-corrected chi connectivity index (χ0v) is 12.7. The van der Waals surface area contributed by atoms with E-state index < -0.39 is 10.0 Å². The Labute approximate surface area is 129 Å². The van der Waals surface area contributed by atoms with Gasteiger partial charge in [-0.25, -0.2) is 17.7 Å². The van der Waals surface area contributed by atoms with Gasteiger partial charge in [0.1, 0.15) is 11.2 Å². The van der Waals surface area contributed by atoms with Gasteiger partial charge in [0.25, 0.3) is 10.0 Å². The highest BCUT2D eigenvalue weighted by Gasteiger charge is 2.30. The summed E-state index contributed by atoms with van der Waals surface area (Å²) in [6, 6.07) is 13.6. The topological polar surface area (TPSA) is 66.8 Å². The fourth-order valence-corrected chi connectivity index (χ4v) is 3.68. The molecule has 3 rings (SSSR count). The summed E-state index contributed by atoms with van der Waals surface area (Å²) in [5.74, 6) is -0.257. The van der Waals surface area contributed by atoms with Crippen LogP contribution in [-0.2, 0) is 10.0 Å². The van der Waals surface area contributed by atoms with Gasteiger partial charge in [0.15, 0.2) is 5.78 Å². The number of carbonyl (C=O) groups excluding carboxylic acids is 1. The van der Waals surface area contributed by atoms with Gasteiger partial charge in [-0.3, -0.25) is 4.79 Å². The molecule has 0 bridgehead atoms. The van der Waals surface area contributed by atoms with Crippen LogP contribution in [-0.4, -0.2) is 31.4 Å².